The molecule has 0 aliphatic carbocycles. The van der Waals surface area contributed by atoms with Gasteiger partial charge in [0.05, 0.1) is 4.90 Å². The van der Waals surface area contributed by atoms with Crippen molar-refractivity contribution in [3.05, 3.63) is 29.3 Å². The lowest BCUT2D eigenvalue weighted by molar-refractivity contribution is 0.0921. The smallest absolute Gasteiger partial charge is 0.251 e. The quantitative estimate of drug-likeness (QED) is 0.805. The Morgan fingerprint density at radius 2 is 1.85 bits per heavy atom. The van der Waals surface area contributed by atoms with E-state index in [0.29, 0.717) is 25.2 Å². The molecule has 0 bridgehead atoms. The normalized spacial score (nSPS) is 21.0. The molecule has 0 radical (unpaired) electrons. The highest BCUT2D eigenvalue weighted by atomic mass is 32.2. The van der Waals surface area contributed by atoms with E-state index in [9.17, 15) is 13.2 Å². The number of rotatable bonds is 5. The Kier molecular flexibility index (Phi) is 6.23. The third-order valence-corrected chi connectivity index (χ3v) is 7.79. The first-order valence-corrected chi connectivity index (χ1v) is 11.4. The number of benzene rings is 1. The highest BCUT2D eigenvalue weighted by Gasteiger charge is 2.29. The third-order valence-electron chi connectivity index (χ3n) is 5.89. The molecule has 1 aromatic carbocycles. The van der Waals surface area contributed by atoms with Gasteiger partial charge >= 0.3 is 0 Å². The average molecular weight is 394 g/mol. The summed E-state index contributed by atoms with van der Waals surface area (Å²) < 4.78 is 27.4. The van der Waals surface area contributed by atoms with Crippen LogP contribution in [0.4, 0.5) is 0 Å². The summed E-state index contributed by atoms with van der Waals surface area (Å²) in [5, 5.41) is 6.37. The number of carbonyl (C=O) groups is 1. The van der Waals surface area contributed by atoms with Crippen LogP contribution in [0.1, 0.15) is 54.9 Å². The first kappa shape index (κ1) is 20.3. The first-order chi connectivity index (χ1) is 12.8. The number of sulfonamides is 1. The topological polar surface area (TPSA) is 78.5 Å². The van der Waals surface area contributed by atoms with Crippen LogP contribution in [0.25, 0.3) is 0 Å². The van der Waals surface area contributed by atoms with Gasteiger partial charge in [0.25, 0.3) is 5.91 Å². The number of aryl methyl sites for hydroxylation is 1. The fourth-order valence-electron chi connectivity index (χ4n) is 3.86. The van der Waals surface area contributed by atoms with Gasteiger partial charge in [-0.1, -0.05) is 19.4 Å². The zero-order valence-electron chi connectivity index (χ0n) is 16.4. The van der Waals surface area contributed by atoms with Gasteiger partial charge in [0.1, 0.15) is 0 Å². The maximum Gasteiger partial charge on any atom is 0.251 e. The molecule has 0 atom stereocenters. The monoisotopic (exact) mass is 393 g/mol. The summed E-state index contributed by atoms with van der Waals surface area (Å²) in [6.45, 7) is 7.70. The standard InChI is InChI=1S/C20H31N3O3S/c1-16-6-7-17(27(25,26)23-12-4-3-5-13-23)14-18(16)19(24)22-15-20(2)8-10-21-11-9-20/h6-7,14,21H,3-5,8-13,15H2,1-2H3,(H,22,24). The summed E-state index contributed by atoms with van der Waals surface area (Å²) in [6.07, 6.45) is 4.91. The molecular weight excluding hydrogens is 362 g/mol. The van der Waals surface area contributed by atoms with Gasteiger partial charge in [0, 0.05) is 25.2 Å². The van der Waals surface area contributed by atoms with Crippen LogP contribution in [0.3, 0.4) is 0 Å². The number of hydrogen-bond donors (Lipinski definition) is 2. The second kappa shape index (κ2) is 8.29. The summed E-state index contributed by atoms with van der Waals surface area (Å²) in [5.41, 5.74) is 1.33. The Bertz CT molecular complexity index is 780. The minimum Gasteiger partial charge on any atom is -0.351 e. The second-order valence-electron chi connectivity index (χ2n) is 8.18. The van der Waals surface area contributed by atoms with Crippen LogP contribution in [-0.4, -0.2) is 51.4 Å². The van der Waals surface area contributed by atoms with E-state index in [1.807, 2.05) is 6.92 Å². The summed E-state index contributed by atoms with van der Waals surface area (Å²) >= 11 is 0. The zero-order valence-corrected chi connectivity index (χ0v) is 17.2. The van der Waals surface area contributed by atoms with Crippen LogP contribution >= 0.6 is 0 Å². The van der Waals surface area contributed by atoms with Gasteiger partial charge in [0.15, 0.2) is 0 Å². The molecule has 2 N–H and O–H groups in total. The van der Waals surface area contributed by atoms with Crippen molar-refractivity contribution in [2.45, 2.75) is 50.8 Å². The maximum absolute atomic E-state index is 12.9. The molecule has 0 spiro atoms. The van der Waals surface area contributed by atoms with Crippen LogP contribution in [-0.2, 0) is 10.0 Å². The highest BCUT2D eigenvalue weighted by Crippen LogP contribution is 2.27. The van der Waals surface area contributed by atoms with E-state index in [0.717, 1.165) is 50.8 Å². The molecule has 1 aromatic rings. The molecule has 2 aliphatic heterocycles. The molecule has 6 nitrogen and oxygen atoms in total. The van der Waals surface area contributed by atoms with Crippen molar-refractivity contribution in [3.63, 3.8) is 0 Å². The highest BCUT2D eigenvalue weighted by molar-refractivity contribution is 7.89. The van der Waals surface area contributed by atoms with Crippen LogP contribution < -0.4 is 10.6 Å². The summed E-state index contributed by atoms with van der Waals surface area (Å²) in [6, 6.07) is 4.89. The Morgan fingerprint density at radius 3 is 2.52 bits per heavy atom. The lowest BCUT2D eigenvalue weighted by atomic mass is 9.81. The van der Waals surface area contributed by atoms with E-state index >= 15 is 0 Å². The molecule has 27 heavy (non-hydrogen) atoms. The second-order valence-corrected chi connectivity index (χ2v) is 10.1. The SMILES string of the molecule is Cc1ccc(S(=O)(=O)N2CCCCC2)cc1C(=O)NCC1(C)CCNCC1. The van der Waals surface area contributed by atoms with Crippen molar-refractivity contribution in [1.82, 2.24) is 14.9 Å². The van der Waals surface area contributed by atoms with E-state index in [2.05, 4.69) is 17.6 Å². The van der Waals surface area contributed by atoms with E-state index < -0.39 is 10.0 Å². The molecular formula is C20H31N3O3S. The van der Waals surface area contributed by atoms with Gasteiger partial charge < -0.3 is 10.6 Å². The minimum atomic E-state index is -3.54. The molecule has 0 aromatic heterocycles. The molecule has 0 unspecified atom stereocenters. The fraction of sp³-hybridized carbons (Fsp3) is 0.650. The third kappa shape index (κ3) is 4.70. The summed E-state index contributed by atoms with van der Waals surface area (Å²) in [4.78, 5) is 13.0. The van der Waals surface area contributed by atoms with E-state index in [-0.39, 0.29) is 16.2 Å². The van der Waals surface area contributed by atoms with Gasteiger partial charge in [-0.3, -0.25) is 4.79 Å². The molecule has 2 saturated heterocycles. The van der Waals surface area contributed by atoms with E-state index in [1.54, 1.807) is 22.5 Å². The van der Waals surface area contributed by atoms with Crippen LogP contribution in [0.15, 0.2) is 23.1 Å². The summed E-state index contributed by atoms with van der Waals surface area (Å²) in [7, 11) is -3.54. The summed E-state index contributed by atoms with van der Waals surface area (Å²) in [5.74, 6) is -0.192. The first-order valence-electron chi connectivity index (χ1n) is 9.92. The predicted octanol–water partition coefficient (Wildman–Crippen LogP) is 2.29. The lowest BCUT2D eigenvalue weighted by Gasteiger charge is -2.34. The Balaban J connectivity index is 1.75. The minimum absolute atomic E-state index is 0.0896. The number of hydrogen-bond acceptors (Lipinski definition) is 4. The van der Waals surface area contributed by atoms with Crippen LogP contribution in [0.2, 0.25) is 0 Å². The zero-order chi connectivity index (χ0) is 19.5. The maximum atomic E-state index is 12.9. The van der Waals surface area contributed by atoms with E-state index in [4.69, 9.17) is 0 Å². The molecule has 2 heterocycles. The Hall–Kier alpha value is -1.44. The Morgan fingerprint density at radius 1 is 1.19 bits per heavy atom. The van der Waals surface area contributed by atoms with Gasteiger partial charge in [0.2, 0.25) is 10.0 Å². The molecule has 3 rings (SSSR count). The number of piperidine rings is 2. The van der Waals surface area contributed by atoms with Crippen LogP contribution in [0, 0.1) is 12.3 Å². The Labute approximate surface area is 162 Å². The predicted molar refractivity (Wildman–Crippen MR) is 106 cm³/mol. The van der Waals surface area contributed by atoms with Crippen molar-refractivity contribution in [3.8, 4) is 0 Å². The van der Waals surface area contributed by atoms with Gasteiger partial charge in [-0.05, 0) is 68.8 Å². The number of nitrogens with one attached hydrogen (secondary N) is 2. The van der Waals surface area contributed by atoms with Crippen molar-refractivity contribution < 1.29 is 13.2 Å². The molecule has 150 valence electrons. The van der Waals surface area contributed by atoms with Crippen molar-refractivity contribution >= 4 is 15.9 Å². The van der Waals surface area contributed by atoms with Gasteiger partial charge in [-0.25, -0.2) is 8.42 Å². The number of carbonyl (C=O) groups excluding carboxylic acids is 1. The molecule has 1 amide bonds. The largest absolute Gasteiger partial charge is 0.351 e. The van der Waals surface area contributed by atoms with E-state index in [1.165, 1.54) is 0 Å². The van der Waals surface area contributed by atoms with Gasteiger partial charge in [-0.15, -0.1) is 0 Å². The molecule has 7 heteroatoms. The molecule has 0 saturated carbocycles. The fourth-order valence-corrected chi connectivity index (χ4v) is 5.40. The van der Waals surface area contributed by atoms with Crippen molar-refractivity contribution in [2.24, 2.45) is 5.41 Å². The van der Waals surface area contributed by atoms with Gasteiger partial charge in [-0.2, -0.15) is 4.31 Å². The molecule has 2 aliphatic rings. The number of nitrogens with zero attached hydrogens (tertiary/aromatic N) is 1. The van der Waals surface area contributed by atoms with Crippen molar-refractivity contribution in [2.75, 3.05) is 32.7 Å². The lowest BCUT2D eigenvalue weighted by Crippen LogP contribution is -2.43. The van der Waals surface area contributed by atoms with Crippen LogP contribution in [0.5, 0.6) is 0 Å². The number of amides is 1. The van der Waals surface area contributed by atoms with Crippen molar-refractivity contribution in [1.29, 1.82) is 0 Å². The molecule has 2 fully saturated rings. The average Bonchev–Trinajstić information content (AvgIpc) is 2.67.